The average molecular weight is 326 g/mol. The number of hydrogen-bond donors (Lipinski definition) is 1. The summed E-state index contributed by atoms with van der Waals surface area (Å²) in [6.07, 6.45) is 0.801. The molecule has 0 fully saturated rings. The van der Waals surface area contributed by atoms with Gasteiger partial charge in [0.15, 0.2) is 0 Å². The predicted octanol–water partition coefficient (Wildman–Crippen LogP) is 4.96. The number of nitrogens with two attached hydrogens (primary N) is 1. The van der Waals surface area contributed by atoms with Crippen molar-refractivity contribution in [2.24, 2.45) is 5.73 Å². The first kappa shape index (κ1) is 15.7. The van der Waals surface area contributed by atoms with E-state index in [-0.39, 0.29) is 6.04 Å². The van der Waals surface area contributed by atoms with Crippen molar-refractivity contribution in [3.63, 3.8) is 0 Å². The highest BCUT2D eigenvalue weighted by Gasteiger charge is 2.07. The molecule has 0 saturated heterocycles. The van der Waals surface area contributed by atoms with E-state index in [1.807, 2.05) is 18.2 Å². The highest BCUT2D eigenvalue weighted by Crippen LogP contribution is 2.24. The summed E-state index contributed by atoms with van der Waals surface area (Å²) in [4.78, 5) is 1.25. The number of thioether (sulfide) groups is 1. The third kappa shape index (κ3) is 4.71. The van der Waals surface area contributed by atoms with Gasteiger partial charge >= 0.3 is 0 Å². The lowest BCUT2D eigenvalue weighted by Crippen LogP contribution is -2.25. The monoisotopic (exact) mass is 325 g/mol. The van der Waals surface area contributed by atoms with Crippen molar-refractivity contribution in [2.45, 2.75) is 24.3 Å². The van der Waals surface area contributed by atoms with Crippen molar-refractivity contribution in [3.8, 4) is 0 Å². The summed E-state index contributed by atoms with van der Waals surface area (Å²) in [6.45, 7) is 2.09. The van der Waals surface area contributed by atoms with E-state index < -0.39 is 0 Å². The van der Waals surface area contributed by atoms with Crippen LogP contribution in [-0.2, 0) is 6.42 Å². The van der Waals surface area contributed by atoms with Gasteiger partial charge in [0, 0.05) is 16.7 Å². The molecule has 1 atom stereocenters. The Morgan fingerprint density at radius 3 is 2.40 bits per heavy atom. The molecule has 0 aliphatic heterocycles. The highest BCUT2D eigenvalue weighted by molar-refractivity contribution is 7.99. The van der Waals surface area contributed by atoms with Crippen LogP contribution in [0.15, 0.2) is 47.4 Å². The van der Waals surface area contributed by atoms with Crippen LogP contribution in [0.5, 0.6) is 0 Å². The molecule has 20 heavy (non-hydrogen) atoms. The molecule has 2 rings (SSSR count). The van der Waals surface area contributed by atoms with Crippen LogP contribution in [0.1, 0.15) is 11.1 Å². The second kappa shape index (κ2) is 7.37. The average Bonchev–Trinajstić information content (AvgIpc) is 2.42. The quantitative estimate of drug-likeness (QED) is 0.786. The van der Waals surface area contributed by atoms with Crippen molar-refractivity contribution in [1.82, 2.24) is 0 Å². The molecule has 0 amide bonds. The minimum absolute atomic E-state index is 0.0959. The van der Waals surface area contributed by atoms with Crippen LogP contribution >= 0.6 is 35.0 Å². The summed E-state index contributed by atoms with van der Waals surface area (Å²) in [5.74, 6) is 0.878. The molecule has 0 radical (unpaired) electrons. The molecule has 2 aromatic rings. The molecule has 4 heteroatoms. The molecule has 0 aliphatic rings. The summed E-state index contributed by atoms with van der Waals surface area (Å²) < 4.78 is 0. The summed E-state index contributed by atoms with van der Waals surface area (Å²) in [5, 5.41) is 1.17. The zero-order valence-corrected chi connectivity index (χ0v) is 13.6. The van der Waals surface area contributed by atoms with Gasteiger partial charge in [0.2, 0.25) is 0 Å². The Kier molecular flexibility index (Phi) is 5.79. The standard InChI is InChI=1S/C16H17Cl2NS/c1-11-2-5-14(6-3-11)20-10-13(19)8-12-4-7-15(17)16(18)9-12/h2-7,9,13H,8,10,19H2,1H3. The van der Waals surface area contributed by atoms with Crippen molar-refractivity contribution in [1.29, 1.82) is 0 Å². The molecular formula is C16H17Cl2NS. The zero-order valence-electron chi connectivity index (χ0n) is 11.3. The molecule has 1 nitrogen and oxygen atoms in total. The van der Waals surface area contributed by atoms with E-state index in [9.17, 15) is 0 Å². The van der Waals surface area contributed by atoms with Crippen molar-refractivity contribution >= 4 is 35.0 Å². The second-order valence-electron chi connectivity index (χ2n) is 4.84. The Hall–Kier alpha value is -0.670. The summed E-state index contributed by atoms with van der Waals surface area (Å²) in [6, 6.07) is 14.3. The van der Waals surface area contributed by atoms with Crippen LogP contribution in [0.2, 0.25) is 10.0 Å². The molecule has 2 aromatic carbocycles. The third-order valence-corrected chi connectivity index (χ3v) is 4.91. The lowest BCUT2D eigenvalue weighted by atomic mass is 10.1. The zero-order chi connectivity index (χ0) is 14.5. The van der Waals surface area contributed by atoms with Crippen molar-refractivity contribution in [3.05, 3.63) is 63.6 Å². The molecule has 0 aliphatic carbocycles. The fraction of sp³-hybridized carbons (Fsp3) is 0.250. The fourth-order valence-electron chi connectivity index (χ4n) is 1.87. The molecule has 0 bridgehead atoms. The molecule has 106 valence electrons. The van der Waals surface area contributed by atoms with Crippen LogP contribution in [0.4, 0.5) is 0 Å². The Bertz CT molecular complexity index is 569. The maximum Gasteiger partial charge on any atom is 0.0595 e. The molecule has 0 spiro atoms. The van der Waals surface area contributed by atoms with Crippen LogP contribution < -0.4 is 5.73 Å². The van der Waals surface area contributed by atoms with Gasteiger partial charge in [0.25, 0.3) is 0 Å². The van der Waals surface area contributed by atoms with Gasteiger partial charge in [-0.2, -0.15) is 0 Å². The lowest BCUT2D eigenvalue weighted by Gasteiger charge is -2.12. The molecule has 2 N–H and O–H groups in total. The third-order valence-electron chi connectivity index (χ3n) is 2.97. The van der Waals surface area contributed by atoms with E-state index >= 15 is 0 Å². The predicted molar refractivity (Wildman–Crippen MR) is 90.0 cm³/mol. The normalized spacial score (nSPS) is 12.4. The van der Waals surface area contributed by atoms with E-state index in [0.29, 0.717) is 10.0 Å². The molecule has 0 saturated carbocycles. The summed E-state index contributed by atoms with van der Waals surface area (Å²) >= 11 is 13.7. The fourth-order valence-corrected chi connectivity index (χ4v) is 3.04. The first-order chi connectivity index (χ1) is 9.54. The Morgan fingerprint density at radius 2 is 1.75 bits per heavy atom. The van der Waals surface area contributed by atoms with Gasteiger partial charge in [-0.15, -0.1) is 11.8 Å². The highest BCUT2D eigenvalue weighted by atomic mass is 35.5. The van der Waals surface area contributed by atoms with E-state index in [0.717, 1.165) is 17.7 Å². The van der Waals surface area contributed by atoms with E-state index in [4.69, 9.17) is 28.9 Å². The minimum Gasteiger partial charge on any atom is -0.327 e. The van der Waals surface area contributed by atoms with Crippen molar-refractivity contribution < 1.29 is 0 Å². The first-order valence-corrected chi connectivity index (χ1v) is 8.18. The molecular weight excluding hydrogens is 309 g/mol. The smallest absolute Gasteiger partial charge is 0.0595 e. The van der Waals surface area contributed by atoms with E-state index in [1.165, 1.54) is 10.5 Å². The van der Waals surface area contributed by atoms with Gasteiger partial charge in [-0.1, -0.05) is 47.0 Å². The van der Waals surface area contributed by atoms with E-state index in [2.05, 4.69) is 31.2 Å². The number of halogens is 2. The maximum absolute atomic E-state index is 6.17. The van der Waals surface area contributed by atoms with Crippen LogP contribution in [0, 0.1) is 6.92 Å². The van der Waals surface area contributed by atoms with Gasteiger partial charge in [-0.3, -0.25) is 0 Å². The topological polar surface area (TPSA) is 26.0 Å². The maximum atomic E-state index is 6.17. The van der Waals surface area contributed by atoms with Crippen molar-refractivity contribution in [2.75, 3.05) is 5.75 Å². The second-order valence-corrected chi connectivity index (χ2v) is 6.74. The molecule has 0 heterocycles. The minimum atomic E-state index is 0.0959. The lowest BCUT2D eigenvalue weighted by molar-refractivity contribution is 0.749. The number of rotatable bonds is 5. The van der Waals surface area contributed by atoms with Gasteiger partial charge < -0.3 is 5.73 Å². The molecule has 1 unspecified atom stereocenters. The number of benzene rings is 2. The van der Waals surface area contributed by atoms with E-state index in [1.54, 1.807) is 11.8 Å². The number of hydrogen-bond acceptors (Lipinski definition) is 2. The van der Waals surface area contributed by atoms with Gasteiger partial charge in [-0.05, 0) is 43.2 Å². The van der Waals surface area contributed by atoms with Crippen LogP contribution in [0.3, 0.4) is 0 Å². The van der Waals surface area contributed by atoms with Gasteiger partial charge in [0.05, 0.1) is 10.0 Å². The first-order valence-electron chi connectivity index (χ1n) is 6.43. The van der Waals surface area contributed by atoms with Gasteiger partial charge in [-0.25, -0.2) is 0 Å². The Labute approximate surface area is 134 Å². The Morgan fingerprint density at radius 1 is 1.05 bits per heavy atom. The molecule has 0 aromatic heterocycles. The van der Waals surface area contributed by atoms with Gasteiger partial charge in [0.1, 0.15) is 0 Å². The SMILES string of the molecule is Cc1ccc(SCC(N)Cc2ccc(Cl)c(Cl)c2)cc1. The summed E-state index contributed by atoms with van der Waals surface area (Å²) in [7, 11) is 0. The summed E-state index contributed by atoms with van der Waals surface area (Å²) in [5.41, 5.74) is 8.57. The van der Waals surface area contributed by atoms with Crippen LogP contribution in [-0.4, -0.2) is 11.8 Å². The van der Waals surface area contributed by atoms with Crippen LogP contribution in [0.25, 0.3) is 0 Å². The Balaban J connectivity index is 1.87. The largest absolute Gasteiger partial charge is 0.327 e. The number of aryl methyl sites for hydroxylation is 1.